The molecule has 26 heavy (non-hydrogen) atoms. The van der Waals surface area contributed by atoms with E-state index in [1.165, 1.54) is 0 Å². The molecule has 0 aromatic heterocycles. The van der Waals surface area contributed by atoms with Gasteiger partial charge in [-0.1, -0.05) is 12.1 Å². The Kier molecular flexibility index (Phi) is 6.54. The maximum absolute atomic E-state index is 12.7. The van der Waals surface area contributed by atoms with Crippen LogP contribution in [-0.4, -0.2) is 56.9 Å². The molecule has 2 heterocycles. The molecule has 1 atom stereocenters. The molecule has 0 bridgehead atoms. The van der Waals surface area contributed by atoms with Crippen molar-refractivity contribution in [1.29, 1.82) is 0 Å². The fourth-order valence-electron chi connectivity index (χ4n) is 4.24. The molecule has 1 unspecified atom stereocenters. The van der Waals surface area contributed by atoms with E-state index in [1.54, 1.807) is 14.2 Å². The van der Waals surface area contributed by atoms with Gasteiger partial charge in [0, 0.05) is 33.4 Å². The summed E-state index contributed by atoms with van der Waals surface area (Å²) >= 11 is 0. The number of hydrogen-bond donors (Lipinski definition) is 0. The minimum Gasteiger partial charge on any atom is -0.497 e. The van der Waals surface area contributed by atoms with Crippen LogP contribution in [-0.2, 0) is 20.7 Å². The minimum absolute atomic E-state index is 0.0244. The van der Waals surface area contributed by atoms with Crippen molar-refractivity contribution in [2.75, 3.05) is 40.5 Å². The molecular weight excluding hydrogens is 330 g/mol. The summed E-state index contributed by atoms with van der Waals surface area (Å²) in [6.45, 7) is 3.25. The number of amides is 1. The number of benzene rings is 1. The van der Waals surface area contributed by atoms with Gasteiger partial charge in [-0.25, -0.2) is 0 Å². The molecular formula is C21H31NO4. The number of ether oxygens (including phenoxy) is 3. The van der Waals surface area contributed by atoms with Crippen molar-refractivity contribution in [2.45, 2.75) is 44.1 Å². The van der Waals surface area contributed by atoms with Crippen LogP contribution < -0.4 is 4.74 Å². The Morgan fingerprint density at radius 3 is 2.85 bits per heavy atom. The molecule has 1 amide bonds. The van der Waals surface area contributed by atoms with Crippen molar-refractivity contribution >= 4 is 5.91 Å². The molecule has 2 aliphatic heterocycles. The third-order valence-corrected chi connectivity index (χ3v) is 5.84. The summed E-state index contributed by atoms with van der Waals surface area (Å²) < 4.78 is 16.7. The van der Waals surface area contributed by atoms with Gasteiger partial charge in [-0.3, -0.25) is 4.79 Å². The molecule has 1 aromatic rings. The Hall–Kier alpha value is -1.59. The average Bonchev–Trinajstić information content (AvgIpc) is 2.67. The quantitative estimate of drug-likeness (QED) is 0.781. The Balaban J connectivity index is 1.51. The van der Waals surface area contributed by atoms with Gasteiger partial charge in [-0.15, -0.1) is 0 Å². The third-order valence-electron chi connectivity index (χ3n) is 5.84. The largest absolute Gasteiger partial charge is 0.497 e. The van der Waals surface area contributed by atoms with Crippen molar-refractivity contribution < 1.29 is 19.0 Å². The van der Waals surface area contributed by atoms with Crippen molar-refractivity contribution in [3.8, 4) is 5.75 Å². The maximum atomic E-state index is 12.7. The zero-order valence-electron chi connectivity index (χ0n) is 16.0. The predicted molar refractivity (Wildman–Crippen MR) is 100 cm³/mol. The van der Waals surface area contributed by atoms with Crippen molar-refractivity contribution in [1.82, 2.24) is 4.90 Å². The first-order valence-electron chi connectivity index (χ1n) is 9.68. The van der Waals surface area contributed by atoms with Gasteiger partial charge in [0.25, 0.3) is 0 Å². The van der Waals surface area contributed by atoms with Crippen LogP contribution in [0.5, 0.6) is 5.75 Å². The molecule has 5 nitrogen and oxygen atoms in total. The summed E-state index contributed by atoms with van der Waals surface area (Å²) in [6, 6.07) is 7.76. The summed E-state index contributed by atoms with van der Waals surface area (Å²) in [5.74, 6) is 1.67. The smallest absolute Gasteiger partial charge is 0.226 e. The lowest BCUT2D eigenvalue weighted by molar-refractivity contribution is -0.147. The van der Waals surface area contributed by atoms with E-state index in [1.807, 2.05) is 29.2 Å². The minimum atomic E-state index is -0.0244. The Bertz CT molecular complexity index is 595. The van der Waals surface area contributed by atoms with Gasteiger partial charge in [0.1, 0.15) is 5.75 Å². The Morgan fingerprint density at radius 1 is 1.31 bits per heavy atom. The zero-order valence-corrected chi connectivity index (χ0v) is 16.0. The lowest BCUT2D eigenvalue weighted by Gasteiger charge is -2.46. The van der Waals surface area contributed by atoms with Gasteiger partial charge in [0.05, 0.1) is 19.1 Å². The SMILES string of the molecule is COCCC1CCOC2(CCN(C(=O)Cc3cccc(OC)c3)CC2)C1. The summed E-state index contributed by atoms with van der Waals surface area (Å²) in [5, 5.41) is 0. The zero-order chi connectivity index (χ0) is 18.4. The first-order valence-corrected chi connectivity index (χ1v) is 9.68. The van der Waals surface area contributed by atoms with Crippen LogP contribution in [0, 0.1) is 5.92 Å². The van der Waals surface area contributed by atoms with Gasteiger partial charge in [-0.05, 0) is 55.7 Å². The standard InChI is InChI=1S/C21H31NO4/c1-24-12-6-17-7-13-26-21(16-17)8-10-22(11-9-21)20(23)15-18-4-3-5-19(14-18)25-2/h3-5,14,17H,6-13,15-16H2,1-2H3. The number of hydrogen-bond acceptors (Lipinski definition) is 4. The maximum Gasteiger partial charge on any atom is 0.226 e. The fourth-order valence-corrected chi connectivity index (χ4v) is 4.24. The van der Waals surface area contributed by atoms with Crippen LogP contribution in [0.4, 0.5) is 0 Å². The lowest BCUT2D eigenvalue weighted by Crippen LogP contribution is -2.51. The first-order chi connectivity index (χ1) is 12.6. The monoisotopic (exact) mass is 361 g/mol. The molecule has 0 radical (unpaired) electrons. The van der Waals surface area contributed by atoms with Gasteiger partial charge < -0.3 is 19.1 Å². The number of likely N-dealkylation sites (tertiary alicyclic amines) is 1. The molecule has 2 aliphatic rings. The second-order valence-corrected chi connectivity index (χ2v) is 7.58. The van der Waals surface area contributed by atoms with Crippen LogP contribution >= 0.6 is 0 Å². The molecule has 0 N–H and O–H groups in total. The van der Waals surface area contributed by atoms with Gasteiger partial charge >= 0.3 is 0 Å². The average molecular weight is 361 g/mol. The van der Waals surface area contributed by atoms with E-state index in [9.17, 15) is 4.79 Å². The lowest BCUT2D eigenvalue weighted by atomic mass is 9.78. The van der Waals surface area contributed by atoms with Crippen LogP contribution in [0.2, 0.25) is 0 Å². The predicted octanol–water partition coefficient (Wildman–Crippen LogP) is 3.06. The first kappa shape index (κ1) is 19.2. The van der Waals surface area contributed by atoms with E-state index in [4.69, 9.17) is 14.2 Å². The van der Waals surface area contributed by atoms with Crippen molar-refractivity contribution in [2.24, 2.45) is 5.92 Å². The number of nitrogens with zero attached hydrogens (tertiary/aromatic N) is 1. The summed E-state index contributed by atoms with van der Waals surface area (Å²) in [6.07, 6.45) is 5.67. The molecule has 2 fully saturated rings. The third kappa shape index (κ3) is 4.77. The highest BCUT2D eigenvalue weighted by atomic mass is 16.5. The summed E-state index contributed by atoms with van der Waals surface area (Å²) in [5.41, 5.74) is 0.979. The van der Waals surface area contributed by atoms with Crippen molar-refractivity contribution in [3.63, 3.8) is 0 Å². The second kappa shape index (κ2) is 8.87. The van der Waals surface area contributed by atoms with E-state index < -0.39 is 0 Å². The molecule has 1 spiro atoms. The molecule has 3 rings (SSSR count). The topological polar surface area (TPSA) is 48.0 Å². The van der Waals surface area contributed by atoms with E-state index >= 15 is 0 Å². The summed E-state index contributed by atoms with van der Waals surface area (Å²) in [4.78, 5) is 14.7. The molecule has 144 valence electrons. The van der Waals surface area contributed by atoms with Crippen LogP contribution in [0.25, 0.3) is 0 Å². The van der Waals surface area contributed by atoms with E-state index in [2.05, 4.69) is 0 Å². The molecule has 0 aliphatic carbocycles. The van der Waals surface area contributed by atoms with Crippen LogP contribution in [0.3, 0.4) is 0 Å². The second-order valence-electron chi connectivity index (χ2n) is 7.58. The molecule has 1 aromatic carbocycles. The number of rotatable bonds is 6. The van der Waals surface area contributed by atoms with Crippen molar-refractivity contribution in [3.05, 3.63) is 29.8 Å². The number of carbonyl (C=O) groups is 1. The number of methoxy groups -OCH3 is 2. The van der Waals surface area contributed by atoms with Crippen LogP contribution in [0.15, 0.2) is 24.3 Å². The number of piperidine rings is 1. The van der Waals surface area contributed by atoms with Gasteiger partial charge in [-0.2, -0.15) is 0 Å². The number of carbonyl (C=O) groups excluding carboxylic acids is 1. The highest BCUT2D eigenvalue weighted by Crippen LogP contribution is 2.38. The van der Waals surface area contributed by atoms with Gasteiger partial charge in [0.2, 0.25) is 5.91 Å². The molecule has 5 heteroatoms. The van der Waals surface area contributed by atoms with Gasteiger partial charge in [0.15, 0.2) is 0 Å². The highest BCUT2D eigenvalue weighted by molar-refractivity contribution is 5.79. The highest BCUT2D eigenvalue weighted by Gasteiger charge is 2.40. The van der Waals surface area contributed by atoms with Crippen LogP contribution in [0.1, 0.15) is 37.7 Å². The summed E-state index contributed by atoms with van der Waals surface area (Å²) in [7, 11) is 3.41. The molecule has 2 saturated heterocycles. The fraction of sp³-hybridized carbons (Fsp3) is 0.667. The van der Waals surface area contributed by atoms with E-state index in [-0.39, 0.29) is 11.5 Å². The van der Waals surface area contributed by atoms with E-state index in [0.29, 0.717) is 12.3 Å². The molecule has 0 saturated carbocycles. The Morgan fingerprint density at radius 2 is 2.12 bits per heavy atom. The van der Waals surface area contributed by atoms with E-state index in [0.717, 1.165) is 69.7 Å². The normalized spacial score (nSPS) is 22.4. The Labute approximate surface area is 156 Å².